The number of fused-ring (bicyclic) bond motifs is 1. The van der Waals surface area contributed by atoms with Crippen molar-refractivity contribution in [2.45, 2.75) is 18.9 Å². The molecule has 0 aliphatic carbocycles. The van der Waals surface area contributed by atoms with Gasteiger partial charge in [-0.15, -0.1) is 0 Å². The summed E-state index contributed by atoms with van der Waals surface area (Å²) in [6.07, 6.45) is 0.355. The van der Waals surface area contributed by atoms with Crippen molar-refractivity contribution in [1.82, 2.24) is 5.32 Å². The van der Waals surface area contributed by atoms with Crippen LogP contribution >= 0.6 is 11.6 Å². The number of hydrogen-bond acceptors (Lipinski definition) is 4. The van der Waals surface area contributed by atoms with Crippen LogP contribution in [0.1, 0.15) is 22.3 Å². The topological polar surface area (TPSA) is 72.9 Å². The second-order valence-corrected chi connectivity index (χ2v) is 8.60. The largest absolute Gasteiger partial charge is 0.480 e. The molecule has 0 bridgehead atoms. The van der Waals surface area contributed by atoms with Crippen molar-refractivity contribution in [2.75, 3.05) is 23.5 Å². The lowest BCUT2D eigenvalue weighted by molar-refractivity contribution is -0.139. The molecule has 3 aromatic carbocycles. The molecule has 0 fully saturated rings. The summed E-state index contributed by atoms with van der Waals surface area (Å²) in [4.78, 5) is 27.5. The van der Waals surface area contributed by atoms with E-state index in [9.17, 15) is 27.9 Å². The Bertz CT molecular complexity index is 1270. The third kappa shape index (κ3) is 5.05. The Morgan fingerprint density at radius 3 is 2.46 bits per heavy atom. The summed E-state index contributed by atoms with van der Waals surface area (Å²) in [7, 11) is 1.74. The zero-order valence-electron chi connectivity index (χ0n) is 18.6. The van der Waals surface area contributed by atoms with Crippen LogP contribution in [0.15, 0.2) is 54.6 Å². The van der Waals surface area contributed by atoms with Gasteiger partial charge >= 0.3 is 5.97 Å². The summed E-state index contributed by atoms with van der Waals surface area (Å²) in [5.74, 6) is -4.33. The highest BCUT2D eigenvalue weighted by Gasteiger charge is 2.29. The molecule has 0 radical (unpaired) electrons. The molecule has 1 amide bonds. The van der Waals surface area contributed by atoms with E-state index < -0.39 is 40.9 Å². The average molecular weight is 504 g/mol. The smallest absolute Gasteiger partial charge is 0.326 e. The van der Waals surface area contributed by atoms with Gasteiger partial charge < -0.3 is 20.2 Å². The number of amides is 1. The standard InChI is InChI=1S/C25H21ClF3N3O3/c1-31-13-32(23-19(29)11-15(27)12-21(23)31)16-8-5-14(6-9-16)7-10-20(25(34)35)30-24(33)22-17(26)3-2-4-18(22)28/h2-6,8-9,11-12,20H,7,10,13H2,1H3,(H,30,33)(H,34,35)/t20-/m0/s1. The molecule has 3 aromatic rings. The van der Waals surface area contributed by atoms with E-state index >= 15 is 0 Å². The van der Waals surface area contributed by atoms with E-state index in [0.29, 0.717) is 24.5 Å². The van der Waals surface area contributed by atoms with Crippen LogP contribution < -0.4 is 15.1 Å². The predicted molar refractivity (Wildman–Crippen MR) is 127 cm³/mol. The van der Waals surface area contributed by atoms with Crippen LogP contribution in [0.3, 0.4) is 0 Å². The molecule has 0 unspecified atom stereocenters. The minimum absolute atomic E-state index is 0.0513. The third-order valence-electron chi connectivity index (χ3n) is 5.81. The van der Waals surface area contributed by atoms with E-state index in [0.717, 1.165) is 17.7 Å². The van der Waals surface area contributed by atoms with Crippen molar-refractivity contribution in [3.63, 3.8) is 0 Å². The average Bonchev–Trinajstić information content (AvgIpc) is 3.13. The molecular weight excluding hydrogens is 483 g/mol. The summed E-state index contributed by atoms with van der Waals surface area (Å²) in [5, 5.41) is 11.7. The summed E-state index contributed by atoms with van der Waals surface area (Å²) < 4.78 is 42.1. The molecule has 0 spiro atoms. The van der Waals surface area contributed by atoms with Gasteiger partial charge in [0.1, 0.15) is 23.4 Å². The summed E-state index contributed by atoms with van der Waals surface area (Å²) >= 11 is 5.89. The Hall–Kier alpha value is -3.72. The quantitative estimate of drug-likeness (QED) is 0.468. The van der Waals surface area contributed by atoms with Crippen molar-refractivity contribution < 1.29 is 27.9 Å². The van der Waals surface area contributed by atoms with Crippen LogP contribution in [-0.4, -0.2) is 36.7 Å². The fourth-order valence-electron chi connectivity index (χ4n) is 4.04. The molecule has 1 atom stereocenters. The zero-order valence-corrected chi connectivity index (χ0v) is 19.3. The van der Waals surface area contributed by atoms with E-state index in [1.54, 1.807) is 41.1 Å². The maximum atomic E-state index is 14.5. The Labute approximate surface area is 204 Å². The van der Waals surface area contributed by atoms with Crippen molar-refractivity contribution in [3.8, 4) is 0 Å². The van der Waals surface area contributed by atoms with Crippen molar-refractivity contribution in [1.29, 1.82) is 0 Å². The SMILES string of the molecule is CN1CN(c2ccc(CC[C@H](NC(=O)c3c(F)cccc3Cl)C(=O)O)cc2)c2c(F)cc(F)cc21. The summed E-state index contributed by atoms with van der Waals surface area (Å²) in [6, 6.07) is 11.7. The van der Waals surface area contributed by atoms with Crippen molar-refractivity contribution >= 4 is 40.5 Å². The van der Waals surface area contributed by atoms with E-state index in [-0.39, 0.29) is 17.1 Å². The van der Waals surface area contributed by atoms with Crippen LogP contribution in [0.5, 0.6) is 0 Å². The van der Waals surface area contributed by atoms with Crippen molar-refractivity contribution in [2.24, 2.45) is 0 Å². The number of carbonyl (C=O) groups is 2. The van der Waals surface area contributed by atoms with Crippen LogP contribution in [0, 0.1) is 17.5 Å². The van der Waals surface area contributed by atoms with Gasteiger partial charge in [-0.25, -0.2) is 18.0 Å². The highest BCUT2D eigenvalue weighted by molar-refractivity contribution is 6.33. The zero-order chi connectivity index (χ0) is 25.3. The van der Waals surface area contributed by atoms with Gasteiger partial charge in [-0.3, -0.25) is 4.79 Å². The fourth-order valence-corrected chi connectivity index (χ4v) is 4.29. The molecule has 10 heteroatoms. The molecule has 4 rings (SSSR count). The Morgan fingerprint density at radius 1 is 1.09 bits per heavy atom. The number of rotatable bonds is 7. The van der Waals surface area contributed by atoms with Crippen LogP contribution in [-0.2, 0) is 11.2 Å². The molecule has 0 aromatic heterocycles. The third-order valence-corrected chi connectivity index (χ3v) is 6.12. The molecule has 1 heterocycles. The number of carboxylic acid groups (broad SMARTS) is 1. The second kappa shape index (κ2) is 9.87. The van der Waals surface area contributed by atoms with E-state index in [4.69, 9.17) is 11.6 Å². The van der Waals surface area contributed by atoms with E-state index in [2.05, 4.69) is 5.32 Å². The number of hydrogen-bond donors (Lipinski definition) is 2. The Morgan fingerprint density at radius 2 is 1.80 bits per heavy atom. The van der Waals surface area contributed by atoms with Crippen molar-refractivity contribution in [3.05, 3.63) is 88.2 Å². The van der Waals surface area contributed by atoms with Gasteiger partial charge in [0.15, 0.2) is 5.82 Å². The van der Waals surface area contributed by atoms with E-state index in [1.807, 2.05) is 0 Å². The molecule has 6 nitrogen and oxygen atoms in total. The normalized spacial score (nSPS) is 13.5. The van der Waals surface area contributed by atoms with Gasteiger partial charge in [-0.1, -0.05) is 29.8 Å². The first kappa shape index (κ1) is 24.4. The summed E-state index contributed by atoms with van der Waals surface area (Å²) in [5.41, 5.74) is 1.78. The number of carbonyl (C=O) groups excluding carboxylic acids is 1. The lowest BCUT2D eigenvalue weighted by Gasteiger charge is -2.20. The van der Waals surface area contributed by atoms with Gasteiger partial charge in [-0.05, 0) is 48.7 Å². The minimum atomic E-state index is -1.26. The number of anilines is 3. The highest BCUT2D eigenvalue weighted by Crippen LogP contribution is 2.42. The number of nitrogens with zero attached hydrogens (tertiary/aromatic N) is 2. The molecule has 1 aliphatic heterocycles. The fraction of sp³-hybridized carbons (Fsp3) is 0.200. The Balaban J connectivity index is 1.44. The van der Waals surface area contributed by atoms with Crippen LogP contribution in [0.25, 0.3) is 0 Å². The van der Waals surface area contributed by atoms with Gasteiger partial charge in [-0.2, -0.15) is 0 Å². The van der Waals surface area contributed by atoms with Gasteiger partial charge in [0.2, 0.25) is 0 Å². The second-order valence-electron chi connectivity index (χ2n) is 8.19. The maximum absolute atomic E-state index is 14.5. The number of benzene rings is 3. The predicted octanol–water partition coefficient (Wildman–Crippen LogP) is 5.12. The molecule has 2 N–H and O–H groups in total. The highest BCUT2D eigenvalue weighted by atomic mass is 35.5. The van der Waals surface area contributed by atoms with Crippen LogP contribution in [0.4, 0.5) is 30.2 Å². The number of aliphatic carboxylic acids is 1. The lowest BCUT2D eigenvalue weighted by atomic mass is 10.0. The van der Waals surface area contributed by atoms with Gasteiger partial charge in [0.05, 0.1) is 22.9 Å². The molecule has 35 heavy (non-hydrogen) atoms. The van der Waals surface area contributed by atoms with Gasteiger partial charge in [0, 0.05) is 18.8 Å². The minimum Gasteiger partial charge on any atom is -0.480 e. The monoisotopic (exact) mass is 503 g/mol. The number of nitrogens with one attached hydrogen (secondary N) is 1. The maximum Gasteiger partial charge on any atom is 0.326 e. The molecule has 1 aliphatic rings. The summed E-state index contributed by atoms with van der Waals surface area (Å²) in [6.45, 7) is 0.334. The first-order valence-corrected chi connectivity index (χ1v) is 11.1. The number of carboxylic acids is 1. The first-order chi connectivity index (χ1) is 16.7. The molecule has 182 valence electrons. The number of halogens is 4. The molecular formula is C25H21ClF3N3O3. The lowest BCUT2D eigenvalue weighted by Crippen LogP contribution is -2.41. The van der Waals surface area contributed by atoms with Crippen LogP contribution in [0.2, 0.25) is 5.02 Å². The molecule has 0 saturated carbocycles. The molecule has 0 saturated heterocycles. The Kier molecular flexibility index (Phi) is 6.88. The van der Waals surface area contributed by atoms with Gasteiger partial charge in [0.25, 0.3) is 5.91 Å². The number of aryl methyl sites for hydroxylation is 1. The first-order valence-electron chi connectivity index (χ1n) is 10.7. The van der Waals surface area contributed by atoms with E-state index in [1.165, 1.54) is 18.2 Å².